The third kappa shape index (κ3) is 2.16. The minimum Gasteiger partial charge on any atom is -0.259 e. The fourth-order valence-corrected chi connectivity index (χ4v) is 1.42. The molecule has 58 valence electrons. The molecule has 1 heterocycles. The first-order valence-corrected chi connectivity index (χ1v) is 3.94. The Morgan fingerprint density at radius 3 is 3.00 bits per heavy atom. The van der Waals surface area contributed by atoms with Crippen molar-refractivity contribution in [1.29, 1.82) is 0 Å². The third-order valence-corrected chi connectivity index (χ3v) is 2.21. The number of hydrogen-bond donors (Lipinski definition) is 0. The Labute approximate surface area is 68.1 Å². The predicted octanol–water partition coefficient (Wildman–Crippen LogP) is 2.39. The Morgan fingerprint density at radius 1 is 1.82 bits per heavy atom. The van der Waals surface area contributed by atoms with Gasteiger partial charge in [-0.2, -0.15) is 0 Å². The Hall–Kier alpha value is -1.16. The molecule has 0 fully saturated rings. The van der Waals surface area contributed by atoms with Crippen molar-refractivity contribution in [1.82, 2.24) is 0 Å². The summed E-state index contributed by atoms with van der Waals surface area (Å²) < 4.78 is 0. The van der Waals surface area contributed by atoms with Crippen LogP contribution < -0.4 is 0 Å². The van der Waals surface area contributed by atoms with Crippen molar-refractivity contribution < 1.29 is 4.92 Å². The SMILES string of the molecule is C/C(=C\[N+](=O)[O-])c1cccs1. The van der Waals surface area contributed by atoms with E-state index in [0.29, 0.717) is 5.57 Å². The molecule has 0 unspecified atom stereocenters. The van der Waals surface area contributed by atoms with Gasteiger partial charge in [0.15, 0.2) is 0 Å². The topological polar surface area (TPSA) is 43.1 Å². The quantitative estimate of drug-likeness (QED) is 0.504. The molecule has 1 rings (SSSR count). The molecule has 0 saturated heterocycles. The van der Waals surface area contributed by atoms with Crippen LogP contribution in [-0.4, -0.2) is 4.92 Å². The first-order valence-electron chi connectivity index (χ1n) is 3.06. The Morgan fingerprint density at radius 2 is 2.55 bits per heavy atom. The molecule has 0 aliphatic rings. The first-order chi connectivity index (χ1) is 5.20. The Balaban J connectivity index is 2.86. The van der Waals surface area contributed by atoms with Crippen LogP contribution in [0.4, 0.5) is 0 Å². The van der Waals surface area contributed by atoms with Crippen LogP contribution in [0.3, 0.4) is 0 Å². The summed E-state index contributed by atoms with van der Waals surface area (Å²) in [6.45, 7) is 1.73. The molecule has 0 atom stereocenters. The molecule has 0 saturated carbocycles. The average Bonchev–Trinajstić information content (AvgIpc) is 2.35. The van der Waals surface area contributed by atoms with Crippen molar-refractivity contribution in [3.8, 4) is 0 Å². The van der Waals surface area contributed by atoms with E-state index in [1.54, 1.807) is 6.92 Å². The summed E-state index contributed by atoms with van der Waals surface area (Å²) in [6, 6.07) is 3.73. The minimum atomic E-state index is -0.435. The summed E-state index contributed by atoms with van der Waals surface area (Å²) in [5.41, 5.74) is 0.699. The fraction of sp³-hybridized carbons (Fsp3) is 0.143. The summed E-state index contributed by atoms with van der Waals surface area (Å²) in [5.74, 6) is 0. The number of rotatable bonds is 2. The predicted molar refractivity (Wildman–Crippen MR) is 45.0 cm³/mol. The van der Waals surface area contributed by atoms with Crippen LogP contribution in [0.2, 0.25) is 0 Å². The van der Waals surface area contributed by atoms with Gasteiger partial charge in [-0.3, -0.25) is 10.1 Å². The van der Waals surface area contributed by atoms with Crippen LogP contribution in [0, 0.1) is 10.1 Å². The lowest BCUT2D eigenvalue weighted by atomic mass is 10.3. The fourth-order valence-electron chi connectivity index (χ4n) is 0.725. The molecule has 0 amide bonds. The molecule has 11 heavy (non-hydrogen) atoms. The van der Waals surface area contributed by atoms with E-state index in [2.05, 4.69) is 0 Å². The van der Waals surface area contributed by atoms with Gasteiger partial charge in [-0.25, -0.2) is 0 Å². The zero-order valence-corrected chi connectivity index (χ0v) is 6.80. The largest absolute Gasteiger partial charge is 0.259 e. The maximum atomic E-state index is 10.0. The number of nitro groups is 1. The zero-order chi connectivity index (χ0) is 8.27. The van der Waals surface area contributed by atoms with Crippen molar-refractivity contribution in [2.75, 3.05) is 0 Å². The summed E-state index contributed by atoms with van der Waals surface area (Å²) in [5, 5.41) is 11.9. The van der Waals surface area contributed by atoms with Gasteiger partial charge >= 0.3 is 0 Å². The van der Waals surface area contributed by atoms with E-state index in [9.17, 15) is 10.1 Å². The average molecular weight is 169 g/mol. The standard InChI is InChI=1S/C7H7NO2S/c1-6(5-8(9)10)7-3-2-4-11-7/h2-5H,1H3/b6-5+. The van der Waals surface area contributed by atoms with E-state index < -0.39 is 4.92 Å². The summed E-state index contributed by atoms with van der Waals surface area (Å²) in [7, 11) is 0. The van der Waals surface area contributed by atoms with Gasteiger partial charge in [-0.15, -0.1) is 11.3 Å². The van der Waals surface area contributed by atoms with Gasteiger partial charge in [0.1, 0.15) is 0 Å². The summed E-state index contributed by atoms with van der Waals surface area (Å²) in [6.07, 6.45) is 1.02. The van der Waals surface area contributed by atoms with E-state index in [-0.39, 0.29) is 0 Å². The number of thiophene rings is 1. The highest BCUT2D eigenvalue weighted by Gasteiger charge is 1.99. The van der Waals surface area contributed by atoms with Gasteiger partial charge in [0.05, 0.1) is 4.92 Å². The normalized spacial score (nSPS) is 11.5. The van der Waals surface area contributed by atoms with Gasteiger partial charge in [0.25, 0.3) is 0 Å². The zero-order valence-electron chi connectivity index (χ0n) is 5.98. The Kier molecular flexibility index (Phi) is 2.38. The highest BCUT2D eigenvalue weighted by Crippen LogP contribution is 2.18. The minimum absolute atomic E-state index is 0.435. The van der Waals surface area contributed by atoms with Gasteiger partial charge in [-0.05, 0) is 18.4 Å². The molecule has 1 aromatic heterocycles. The molecule has 3 nitrogen and oxygen atoms in total. The van der Waals surface area contributed by atoms with Crippen LogP contribution in [0.25, 0.3) is 5.57 Å². The second-order valence-electron chi connectivity index (χ2n) is 2.07. The van der Waals surface area contributed by atoms with Crippen molar-refractivity contribution >= 4 is 16.9 Å². The van der Waals surface area contributed by atoms with Gasteiger partial charge < -0.3 is 0 Å². The maximum Gasteiger partial charge on any atom is 0.238 e. The van der Waals surface area contributed by atoms with Crippen LogP contribution in [0.5, 0.6) is 0 Å². The lowest BCUT2D eigenvalue weighted by Gasteiger charge is -1.89. The molecular formula is C7H7NO2S. The smallest absolute Gasteiger partial charge is 0.238 e. The molecular weight excluding hydrogens is 162 g/mol. The monoisotopic (exact) mass is 169 g/mol. The maximum absolute atomic E-state index is 10.0. The molecule has 0 aliphatic carbocycles. The van der Waals surface area contributed by atoms with E-state index in [0.717, 1.165) is 11.1 Å². The van der Waals surface area contributed by atoms with Crippen LogP contribution in [-0.2, 0) is 0 Å². The number of nitrogens with zero attached hydrogens (tertiary/aromatic N) is 1. The molecule has 0 aliphatic heterocycles. The third-order valence-electron chi connectivity index (χ3n) is 1.21. The molecule has 0 spiro atoms. The highest BCUT2D eigenvalue weighted by molar-refractivity contribution is 7.11. The van der Waals surface area contributed by atoms with Crippen molar-refractivity contribution in [2.45, 2.75) is 6.92 Å². The summed E-state index contributed by atoms with van der Waals surface area (Å²) >= 11 is 1.50. The van der Waals surface area contributed by atoms with Crippen LogP contribution in [0.1, 0.15) is 11.8 Å². The second kappa shape index (κ2) is 3.30. The van der Waals surface area contributed by atoms with Crippen LogP contribution >= 0.6 is 11.3 Å². The molecule has 0 radical (unpaired) electrons. The van der Waals surface area contributed by atoms with Gasteiger partial charge in [0.2, 0.25) is 6.20 Å². The van der Waals surface area contributed by atoms with Crippen molar-refractivity contribution in [3.63, 3.8) is 0 Å². The Bertz CT molecular complexity index is 277. The van der Waals surface area contributed by atoms with E-state index in [1.165, 1.54) is 11.3 Å². The lowest BCUT2D eigenvalue weighted by molar-refractivity contribution is -0.401. The molecule has 1 aromatic rings. The van der Waals surface area contributed by atoms with E-state index in [4.69, 9.17) is 0 Å². The number of allylic oxidation sites excluding steroid dienone is 1. The van der Waals surface area contributed by atoms with E-state index >= 15 is 0 Å². The number of hydrogen-bond acceptors (Lipinski definition) is 3. The highest BCUT2D eigenvalue weighted by atomic mass is 32.1. The molecule has 0 aromatic carbocycles. The molecule has 0 N–H and O–H groups in total. The van der Waals surface area contributed by atoms with Crippen LogP contribution in [0.15, 0.2) is 23.7 Å². The summed E-state index contributed by atoms with van der Waals surface area (Å²) in [4.78, 5) is 10.5. The molecule has 0 bridgehead atoms. The second-order valence-corrected chi connectivity index (χ2v) is 3.02. The van der Waals surface area contributed by atoms with Gasteiger partial charge in [-0.1, -0.05) is 6.07 Å². The van der Waals surface area contributed by atoms with Crippen molar-refractivity contribution in [2.24, 2.45) is 0 Å². The lowest BCUT2D eigenvalue weighted by Crippen LogP contribution is -1.85. The van der Waals surface area contributed by atoms with E-state index in [1.807, 2.05) is 17.5 Å². The van der Waals surface area contributed by atoms with Gasteiger partial charge in [0, 0.05) is 10.5 Å². The molecule has 4 heteroatoms. The van der Waals surface area contributed by atoms with Crippen molar-refractivity contribution in [3.05, 3.63) is 38.7 Å². The first kappa shape index (κ1) is 7.94.